The molecule has 0 aliphatic carbocycles. The van der Waals surface area contributed by atoms with Crippen molar-refractivity contribution in [3.05, 3.63) is 52.2 Å². The molecule has 1 aliphatic rings. The zero-order valence-electron chi connectivity index (χ0n) is 13.5. The number of phenolic OH excluding ortho intramolecular Hbond substituents is 1. The summed E-state index contributed by atoms with van der Waals surface area (Å²) in [5.41, 5.74) is 0.715. The Morgan fingerprint density at radius 2 is 1.92 bits per heavy atom. The molecule has 0 unspecified atom stereocenters. The molecule has 1 fully saturated rings. The molecule has 0 bridgehead atoms. The molecule has 0 radical (unpaired) electrons. The van der Waals surface area contributed by atoms with Crippen LogP contribution in [0.15, 0.2) is 41.8 Å². The van der Waals surface area contributed by atoms with Gasteiger partial charge in [0.2, 0.25) is 0 Å². The average molecular weight is 346 g/mol. The van der Waals surface area contributed by atoms with E-state index in [-0.39, 0.29) is 5.75 Å². The number of carbonyl (C=O) groups is 1. The number of phenols is 1. The zero-order chi connectivity index (χ0) is 16.9. The van der Waals surface area contributed by atoms with E-state index in [1.807, 2.05) is 4.90 Å². The van der Waals surface area contributed by atoms with Crippen molar-refractivity contribution in [2.75, 3.05) is 26.2 Å². The number of hydrogen-bond donors (Lipinski definition) is 2. The van der Waals surface area contributed by atoms with E-state index in [1.54, 1.807) is 35.6 Å². The first-order valence-electron chi connectivity index (χ1n) is 8.14. The minimum absolute atomic E-state index is 0.154. The van der Waals surface area contributed by atoms with Gasteiger partial charge in [-0.2, -0.15) is 0 Å². The molecule has 1 aliphatic heterocycles. The Morgan fingerprint density at radius 1 is 1.12 bits per heavy atom. The second kappa shape index (κ2) is 7.79. The van der Waals surface area contributed by atoms with Crippen LogP contribution in [0.2, 0.25) is 0 Å². The van der Waals surface area contributed by atoms with Crippen molar-refractivity contribution in [2.24, 2.45) is 0 Å². The number of aromatic hydroxyl groups is 1. The zero-order valence-corrected chi connectivity index (χ0v) is 14.3. The molecule has 1 aromatic heterocycles. The normalized spacial score (nSPS) is 18.2. The first-order chi connectivity index (χ1) is 11.6. The summed E-state index contributed by atoms with van der Waals surface area (Å²) in [7, 11) is 0. The lowest BCUT2D eigenvalue weighted by molar-refractivity contribution is -0.143. The highest BCUT2D eigenvalue weighted by molar-refractivity contribution is 7.09. The van der Waals surface area contributed by atoms with Crippen molar-refractivity contribution in [2.45, 2.75) is 19.0 Å². The highest BCUT2D eigenvalue weighted by atomic mass is 32.1. The topological polar surface area (TPSA) is 64.0 Å². The van der Waals surface area contributed by atoms with Gasteiger partial charge >= 0.3 is 5.97 Å². The van der Waals surface area contributed by atoms with Crippen LogP contribution in [-0.2, 0) is 11.3 Å². The molecule has 6 heteroatoms. The predicted molar refractivity (Wildman–Crippen MR) is 94.3 cm³/mol. The summed E-state index contributed by atoms with van der Waals surface area (Å²) in [6.45, 7) is 4.26. The molecule has 0 amide bonds. The lowest BCUT2D eigenvalue weighted by Gasteiger charge is -2.28. The van der Waals surface area contributed by atoms with Gasteiger partial charge in [-0.25, -0.2) is 0 Å². The Bertz CT molecular complexity index is 657. The largest absolute Gasteiger partial charge is 0.508 e. The highest BCUT2D eigenvalue weighted by Gasteiger charge is 2.29. The van der Waals surface area contributed by atoms with Crippen molar-refractivity contribution in [3.8, 4) is 5.75 Å². The summed E-state index contributed by atoms with van der Waals surface area (Å²) in [5, 5.41) is 21.2. The fourth-order valence-corrected chi connectivity index (χ4v) is 3.94. The summed E-state index contributed by atoms with van der Waals surface area (Å²) in [6.07, 6.45) is 0.952. The van der Waals surface area contributed by atoms with Crippen LogP contribution in [0, 0.1) is 0 Å². The van der Waals surface area contributed by atoms with Gasteiger partial charge in [-0.3, -0.25) is 14.6 Å². The van der Waals surface area contributed by atoms with Gasteiger partial charge < -0.3 is 10.2 Å². The summed E-state index contributed by atoms with van der Waals surface area (Å²) in [5.74, 6) is -0.687. The Hall–Kier alpha value is -1.89. The van der Waals surface area contributed by atoms with Gasteiger partial charge in [0.25, 0.3) is 0 Å². The van der Waals surface area contributed by atoms with Crippen molar-refractivity contribution >= 4 is 17.3 Å². The fourth-order valence-electron chi connectivity index (χ4n) is 3.20. The van der Waals surface area contributed by atoms with E-state index < -0.39 is 12.0 Å². The van der Waals surface area contributed by atoms with Crippen LogP contribution in [0.4, 0.5) is 0 Å². The number of carboxylic acid groups (broad SMARTS) is 1. The molecular weight excluding hydrogens is 324 g/mol. The molecule has 2 aromatic rings. The SMILES string of the molecule is O=C(O)[C@@H](c1ccc(O)cc1)N1CCCN(Cc2cccs2)CC1. The molecule has 0 saturated carbocycles. The third kappa shape index (κ3) is 4.14. The standard InChI is InChI=1S/C18H22N2O3S/c21-15-6-4-14(5-7-15)17(18(22)23)20-9-2-8-19(10-11-20)13-16-3-1-12-24-16/h1,3-7,12,17,21H,2,8-11,13H2,(H,22,23)/t17-/m1/s1. The quantitative estimate of drug-likeness (QED) is 0.872. The molecule has 1 saturated heterocycles. The van der Waals surface area contributed by atoms with Crippen LogP contribution in [-0.4, -0.2) is 52.2 Å². The second-order valence-electron chi connectivity index (χ2n) is 6.08. The lowest BCUT2D eigenvalue weighted by Crippen LogP contribution is -2.37. The molecule has 5 nitrogen and oxygen atoms in total. The predicted octanol–water partition coefficient (Wildman–Crippen LogP) is 2.79. The van der Waals surface area contributed by atoms with E-state index >= 15 is 0 Å². The van der Waals surface area contributed by atoms with Gasteiger partial charge in [-0.1, -0.05) is 18.2 Å². The molecule has 2 N–H and O–H groups in total. The van der Waals surface area contributed by atoms with Crippen molar-refractivity contribution in [3.63, 3.8) is 0 Å². The van der Waals surface area contributed by atoms with Gasteiger partial charge in [0, 0.05) is 31.1 Å². The van der Waals surface area contributed by atoms with Crippen LogP contribution < -0.4 is 0 Å². The number of benzene rings is 1. The number of aliphatic carboxylic acids is 1. The minimum Gasteiger partial charge on any atom is -0.508 e. The summed E-state index contributed by atoms with van der Waals surface area (Å²) in [4.78, 5) is 17.6. The van der Waals surface area contributed by atoms with E-state index in [4.69, 9.17) is 0 Å². The maximum absolute atomic E-state index is 11.8. The van der Waals surface area contributed by atoms with Gasteiger partial charge in [0.1, 0.15) is 11.8 Å². The average Bonchev–Trinajstić information content (AvgIpc) is 2.96. The maximum Gasteiger partial charge on any atom is 0.325 e. The van der Waals surface area contributed by atoms with Crippen LogP contribution >= 0.6 is 11.3 Å². The summed E-state index contributed by atoms with van der Waals surface area (Å²) < 4.78 is 0. The van der Waals surface area contributed by atoms with Crippen LogP contribution in [0.5, 0.6) is 5.75 Å². The van der Waals surface area contributed by atoms with E-state index in [2.05, 4.69) is 22.4 Å². The molecular formula is C18H22N2O3S. The summed E-state index contributed by atoms with van der Waals surface area (Å²) in [6, 6.07) is 10.0. The van der Waals surface area contributed by atoms with Crippen LogP contribution in [0.25, 0.3) is 0 Å². The Balaban J connectivity index is 1.68. The molecule has 1 atom stereocenters. The third-order valence-corrected chi connectivity index (χ3v) is 5.25. The molecule has 1 aromatic carbocycles. The van der Waals surface area contributed by atoms with Gasteiger partial charge in [-0.05, 0) is 42.1 Å². The number of rotatable bonds is 5. The van der Waals surface area contributed by atoms with E-state index in [0.717, 1.165) is 39.1 Å². The molecule has 128 valence electrons. The van der Waals surface area contributed by atoms with Crippen molar-refractivity contribution in [1.82, 2.24) is 9.80 Å². The number of thiophene rings is 1. The highest BCUT2D eigenvalue weighted by Crippen LogP contribution is 2.25. The van der Waals surface area contributed by atoms with Gasteiger partial charge in [0.05, 0.1) is 0 Å². The van der Waals surface area contributed by atoms with Crippen molar-refractivity contribution in [1.29, 1.82) is 0 Å². The summed E-state index contributed by atoms with van der Waals surface area (Å²) >= 11 is 1.76. The van der Waals surface area contributed by atoms with Crippen LogP contribution in [0.3, 0.4) is 0 Å². The third-order valence-electron chi connectivity index (χ3n) is 4.39. The van der Waals surface area contributed by atoms with E-state index in [9.17, 15) is 15.0 Å². The van der Waals surface area contributed by atoms with Crippen LogP contribution in [0.1, 0.15) is 22.9 Å². The lowest BCUT2D eigenvalue weighted by atomic mass is 10.0. The number of nitrogens with zero attached hydrogens (tertiary/aromatic N) is 2. The first-order valence-corrected chi connectivity index (χ1v) is 9.02. The fraction of sp³-hybridized carbons (Fsp3) is 0.389. The minimum atomic E-state index is -0.840. The van der Waals surface area contributed by atoms with Gasteiger partial charge in [0.15, 0.2) is 0 Å². The second-order valence-corrected chi connectivity index (χ2v) is 7.11. The Morgan fingerprint density at radius 3 is 2.58 bits per heavy atom. The Labute approximate surface area is 145 Å². The van der Waals surface area contributed by atoms with E-state index in [1.165, 1.54) is 4.88 Å². The van der Waals surface area contributed by atoms with Crippen molar-refractivity contribution < 1.29 is 15.0 Å². The smallest absolute Gasteiger partial charge is 0.325 e. The molecule has 2 heterocycles. The maximum atomic E-state index is 11.8. The number of carboxylic acids is 1. The first kappa shape index (κ1) is 17.0. The monoisotopic (exact) mass is 346 g/mol. The molecule has 0 spiro atoms. The number of hydrogen-bond acceptors (Lipinski definition) is 5. The molecule has 24 heavy (non-hydrogen) atoms. The van der Waals surface area contributed by atoms with Gasteiger partial charge in [-0.15, -0.1) is 11.3 Å². The van der Waals surface area contributed by atoms with E-state index in [0.29, 0.717) is 5.56 Å². The Kier molecular flexibility index (Phi) is 5.50. The molecule has 3 rings (SSSR count).